The van der Waals surface area contributed by atoms with Crippen molar-refractivity contribution in [3.63, 3.8) is 0 Å². The van der Waals surface area contributed by atoms with Crippen LogP contribution in [0.1, 0.15) is 6.42 Å². The monoisotopic (exact) mass is 286 g/mol. The van der Waals surface area contributed by atoms with Crippen molar-refractivity contribution in [3.8, 4) is 11.3 Å². The fraction of sp³-hybridized carbons (Fsp3) is 0.300. The van der Waals surface area contributed by atoms with Crippen molar-refractivity contribution in [1.29, 1.82) is 0 Å². The van der Waals surface area contributed by atoms with Crippen molar-refractivity contribution in [2.24, 2.45) is 0 Å². The Hall–Kier alpha value is -1.38. The Morgan fingerprint density at radius 1 is 1.33 bits per heavy atom. The van der Waals surface area contributed by atoms with Crippen molar-refractivity contribution in [3.05, 3.63) is 30.7 Å². The molecule has 2 aromatic heterocycles. The fourth-order valence-electron chi connectivity index (χ4n) is 1.50. The Bertz CT molecular complexity index is 594. The number of aryl methyl sites for hydroxylation is 1. The minimum Gasteiger partial charge on any atom is -0.286 e. The van der Waals surface area contributed by atoms with Crippen molar-refractivity contribution in [2.45, 2.75) is 13.0 Å². The van der Waals surface area contributed by atoms with Gasteiger partial charge in [-0.05, 0) is 0 Å². The molecule has 0 saturated heterocycles. The molecule has 0 unspecified atom stereocenters. The molecule has 0 fully saturated rings. The van der Waals surface area contributed by atoms with Crippen molar-refractivity contribution in [1.82, 2.24) is 8.75 Å². The summed E-state index contributed by atoms with van der Waals surface area (Å²) >= 11 is 1.15. The van der Waals surface area contributed by atoms with Gasteiger partial charge in [-0.1, -0.05) is 0 Å². The van der Waals surface area contributed by atoms with Crippen LogP contribution >= 0.6 is 11.7 Å². The number of rotatable bonds is 5. The second kappa shape index (κ2) is 5.51. The topological polar surface area (TPSA) is 84.0 Å². The van der Waals surface area contributed by atoms with E-state index in [2.05, 4.69) is 8.75 Å². The van der Waals surface area contributed by atoms with E-state index in [1.807, 2.05) is 29.1 Å². The first-order chi connectivity index (χ1) is 8.54. The molecule has 96 valence electrons. The van der Waals surface area contributed by atoms with Gasteiger partial charge < -0.3 is 0 Å². The Balaban J connectivity index is 1.96. The molecule has 0 aliphatic carbocycles. The molecule has 0 aliphatic heterocycles. The Morgan fingerprint density at radius 3 is 2.61 bits per heavy atom. The summed E-state index contributed by atoms with van der Waals surface area (Å²) in [6.45, 7) is 0.537. The molecule has 0 radical (unpaired) electrons. The molecule has 6 nitrogen and oxygen atoms in total. The third-order valence-corrected chi connectivity index (χ3v) is 3.65. The van der Waals surface area contributed by atoms with Crippen molar-refractivity contribution >= 4 is 21.8 Å². The molecule has 8 heteroatoms. The maximum absolute atomic E-state index is 10.6. The van der Waals surface area contributed by atoms with E-state index in [0.29, 0.717) is 13.0 Å². The van der Waals surface area contributed by atoms with Crippen LogP contribution in [0.25, 0.3) is 11.3 Å². The van der Waals surface area contributed by atoms with E-state index in [-0.39, 0.29) is 5.75 Å². The zero-order valence-electron chi connectivity index (χ0n) is 9.43. The summed E-state index contributed by atoms with van der Waals surface area (Å²) in [6, 6.07) is 3.79. The molecule has 0 amide bonds. The highest BCUT2D eigenvalue weighted by Crippen LogP contribution is 2.14. The van der Waals surface area contributed by atoms with E-state index in [0.717, 1.165) is 23.0 Å². The normalized spacial score (nSPS) is 11.6. The number of aromatic nitrogens is 3. The van der Waals surface area contributed by atoms with Gasteiger partial charge in [-0.15, -0.1) is 0 Å². The molecular formula is C10H12N3O3S2+. The number of hydrogen-bond acceptors (Lipinski definition) is 5. The number of hydrogen-bond donors (Lipinski definition) is 1. The summed E-state index contributed by atoms with van der Waals surface area (Å²) < 4.78 is 39.6. The van der Waals surface area contributed by atoms with Gasteiger partial charge >= 0.3 is 0 Å². The summed E-state index contributed by atoms with van der Waals surface area (Å²) in [5.41, 5.74) is 1.79. The molecule has 2 heterocycles. The molecule has 0 spiro atoms. The maximum atomic E-state index is 10.6. The Morgan fingerprint density at radius 2 is 2.06 bits per heavy atom. The van der Waals surface area contributed by atoms with Crippen LogP contribution in [0.2, 0.25) is 0 Å². The van der Waals surface area contributed by atoms with Crippen molar-refractivity contribution < 1.29 is 17.5 Å². The molecule has 18 heavy (non-hydrogen) atoms. The highest BCUT2D eigenvalue weighted by atomic mass is 32.2. The van der Waals surface area contributed by atoms with Gasteiger partial charge in [-0.2, -0.15) is 17.2 Å². The predicted molar refractivity (Wildman–Crippen MR) is 66.6 cm³/mol. The van der Waals surface area contributed by atoms with Crippen LogP contribution in [-0.4, -0.2) is 27.5 Å². The average molecular weight is 286 g/mol. The molecule has 0 aliphatic rings. The lowest BCUT2D eigenvalue weighted by Crippen LogP contribution is -2.33. The third kappa shape index (κ3) is 3.83. The van der Waals surface area contributed by atoms with Gasteiger partial charge in [-0.25, -0.2) is 4.57 Å². The van der Waals surface area contributed by atoms with Crippen LogP contribution < -0.4 is 4.57 Å². The summed E-state index contributed by atoms with van der Waals surface area (Å²) in [4.78, 5) is 0. The largest absolute Gasteiger partial charge is 0.286 e. The molecule has 0 saturated carbocycles. The quantitative estimate of drug-likeness (QED) is 0.648. The van der Waals surface area contributed by atoms with Crippen LogP contribution in [-0.2, 0) is 16.7 Å². The molecule has 1 N–H and O–H groups in total. The van der Waals surface area contributed by atoms with E-state index in [1.54, 1.807) is 6.20 Å². The van der Waals surface area contributed by atoms with Crippen LogP contribution in [0.4, 0.5) is 0 Å². The first-order valence-electron chi connectivity index (χ1n) is 5.27. The minimum atomic E-state index is -3.87. The van der Waals surface area contributed by atoms with Gasteiger partial charge in [0.1, 0.15) is 12.2 Å². The second-order valence-electron chi connectivity index (χ2n) is 3.76. The Labute approximate surface area is 109 Å². The van der Waals surface area contributed by atoms with Crippen LogP contribution in [0.5, 0.6) is 0 Å². The number of nitrogens with zero attached hydrogens (tertiary/aromatic N) is 3. The number of pyridine rings is 1. The lowest BCUT2D eigenvalue weighted by Gasteiger charge is -1.97. The summed E-state index contributed by atoms with van der Waals surface area (Å²) in [5.74, 6) is -0.224. The van der Waals surface area contributed by atoms with Gasteiger partial charge in [0.2, 0.25) is 0 Å². The van der Waals surface area contributed by atoms with E-state index < -0.39 is 10.1 Å². The SMILES string of the molecule is O=S(=O)(O)CCC[n+]1ccc(-c2cnsn2)cc1. The molecular weight excluding hydrogens is 274 g/mol. The maximum Gasteiger partial charge on any atom is 0.265 e. The van der Waals surface area contributed by atoms with E-state index in [1.165, 1.54) is 0 Å². The first kappa shape index (κ1) is 13.1. The average Bonchev–Trinajstić information content (AvgIpc) is 2.82. The standard InChI is InChI=1S/C10H11N3O3S2/c14-18(15,16)7-1-4-13-5-2-9(3-6-13)10-8-11-17-12-10/h2-3,5-6,8H,1,4,7H2/p+1. The molecule has 0 aromatic carbocycles. The van der Waals surface area contributed by atoms with Crippen molar-refractivity contribution in [2.75, 3.05) is 5.75 Å². The van der Waals surface area contributed by atoms with E-state index >= 15 is 0 Å². The lowest BCUT2D eigenvalue weighted by molar-refractivity contribution is -0.696. The third-order valence-electron chi connectivity index (χ3n) is 2.37. The van der Waals surface area contributed by atoms with Crippen LogP contribution in [0.15, 0.2) is 30.7 Å². The van der Waals surface area contributed by atoms with Gasteiger partial charge in [0.15, 0.2) is 12.4 Å². The molecule has 2 aromatic rings. The summed E-state index contributed by atoms with van der Waals surface area (Å²) in [5, 5.41) is 0. The highest BCUT2D eigenvalue weighted by Gasteiger charge is 2.08. The van der Waals surface area contributed by atoms with Crippen LogP contribution in [0.3, 0.4) is 0 Å². The van der Waals surface area contributed by atoms with Gasteiger partial charge in [0.05, 0.1) is 23.7 Å². The van der Waals surface area contributed by atoms with E-state index in [4.69, 9.17) is 4.55 Å². The zero-order valence-corrected chi connectivity index (χ0v) is 11.1. The van der Waals surface area contributed by atoms with Gasteiger partial charge in [0, 0.05) is 24.1 Å². The van der Waals surface area contributed by atoms with E-state index in [9.17, 15) is 8.42 Å². The second-order valence-corrected chi connectivity index (χ2v) is 5.89. The van der Waals surface area contributed by atoms with Crippen LogP contribution in [0, 0.1) is 0 Å². The predicted octanol–water partition coefficient (Wildman–Crippen LogP) is 0.770. The lowest BCUT2D eigenvalue weighted by atomic mass is 10.2. The van der Waals surface area contributed by atoms with Gasteiger partial charge in [0.25, 0.3) is 10.1 Å². The van der Waals surface area contributed by atoms with Gasteiger partial charge in [-0.3, -0.25) is 4.55 Å². The molecule has 2 rings (SSSR count). The Kier molecular flexibility index (Phi) is 4.00. The first-order valence-corrected chi connectivity index (χ1v) is 7.61. The summed E-state index contributed by atoms with van der Waals surface area (Å²) in [6.07, 6.45) is 5.77. The highest BCUT2D eigenvalue weighted by molar-refractivity contribution is 7.85. The fourth-order valence-corrected chi connectivity index (χ4v) is 2.43. The smallest absolute Gasteiger partial charge is 0.265 e. The molecule has 0 bridgehead atoms. The minimum absolute atomic E-state index is 0.224. The zero-order chi connectivity index (χ0) is 13.0. The summed E-state index contributed by atoms with van der Waals surface area (Å²) in [7, 11) is -3.87. The molecule has 0 atom stereocenters.